The zero-order chi connectivity index (χ0) is 14.4. The summed E-state index contributed by atoms with van der Waals surface area (Å²) in [6.45, 7) is 0. The van der Waals surface area contributed by atoms with Crippen molar-refractivity contribution in [2.45, 2.75) is 24.9 Å². The highest BCUT2D eigenvalue weighted by molar-refractivity contribution is 6.05. The fraction of sp³-hybridized carbons (Fsp3) is 0.385. The number of anilines is 1. The van der Waals surface area contributed by atoms with Crippen molar-refractivity contribution in [2.24, 2.45) is 11.7 Å². The molecule has 1 aliphatic heterocycles. The molecule has 0 bridgehead atoms. The van der Waals surface area contributed by atoms with Gasteiger partial charge in [-0.05, 0) is 11.6 Å². The third-order valence-electron chi connectivity index (χ3n) is 3.89. The molecule has 7 heteroatoms. The highest BCUT2D eigenvalue weighted by Crippen LogP contribution is 2.40. The van der Waals surface area contributed by atoms with Gasteiger partial charge in [-0.25, -0.2) is 0 Å². The molecule has 1 aliphatic carbocycles. The van der Waals surface area contributed by atoms with Crippen LogP contribution < -0.4 is 10.6 Å². The Morgan fingerprint density at radius 3 is 2.65 bits per heavy atom. The first-order chi connectivity index (χ1) is 9.50. The predicted molar refractivity (Wildman–Crippen MR) is 69.5 cm³/mol. The lowest BCUT2D eigenvalue weighted by molar-refractivity contribution is -0.497. The molecule has 1 aromatic carbocycles. The fourth-order valence-corrected chi connectivity index (χ4v) is 2.74. The summed E-state index contributed by atoms with van der Waals surface area (Å²) in [4.78, 5) is 35.5. The number of nitrogens with zero attached hydrogens (tertiary/aromatic N) is 2. The first-order valence-electron chi connectivity index (χ1n) is 6.34. The van der Waals surface area contributed by atoms with Crippen LogP contribution in [0.5, 0.6) is 0 Å². The van der Waals surface area contributed by atoms with Gasteiger partial charge in [0, 0.05) is 23.5 Å². The van der Waals surface area contributed by atoms with Crippen LogP contribution in [0.15, 0.2) is 24.3 Å². The molecule has 0 spiro atoms. The number of fused-ring (bicyclic) bond motifs is 1. The maximum absolute atomic E-state index is 12.4. The SMILES string of the molecule is NC(=O)[C@@H]1Cc2ccccc2N1C(=O)[C@H]1C[C@@H]1[N+](=O)[O-]. The number of hydrogen-bond acceptors (Lipinski definition) is 4. The Labute approximate surface area is 114 Å². The van der Waals surface area contributed by atoms with Gasteiger partial charge in [-0.1, -0.05) is 18.2 Å². The molecule has 104 valence electrons. The Bertz CT molecular complexity index is 615. The van der Waals surface area contributed by atoms with Gasteiger partial charge < -0.3 is 5.73 Å². The summed E-state index contributed by atoms with van der Waals surface area (Å²) >= 11 is 0. The molecule has 0 unspecified atom stereocenters. The normalized spacial score (nSPS) is 27.0. The van der Waals surface area contributed by atoms with E-state index < -0.39 is 28.8 Å². The molecule has 0 aromatic heterocycles. The lowest BCUT2D eigenvalue weighted by Gasteiger charge is -2.22. The van der Waals surface area contributed by atoms with E-state index in [-0.39, 0.29) is 12.3 Å². The average Bonchev–Trinajstić information content (AvgIpc) is 3.11. The Balaban J connectivity index is 1.91. The van der Waals surface area contributed by atoms with E-state index in [0.29, 0.717) is 12.1 Å². The maximum Gasteiger partial charge on any atom is 0.240 e. The second-order valence-corrected chi connectivity index (χ2v) is 5.15. The molecule has 1 saturated carbocycles. The third kappa shape index (κ3) is 1.82. The van der Waals surface area contributed by atoms with Crippen LogP contribution in [0, 0.1) is 16.0 Å². The van der Waals surface area contributed by atoms with Gasteiger partial charge in [0.1, 0.15) is 12.0 Å². The van der Waals surface area contributed by atoms with Crippen molar-refractivity contribution in [3.8, 4) is 0 Å². The summed E-state index contributed by atoms with van der Waals surface area (Å²) < 4.78 is 0. The number of carbonyl (C=O) groups is 2. The van der Waals surface area contributed by atoms with Crippen molar-refractivity contribution in [1.82, 2.24) is 0 Å². The van der Waals surface area contributed by atoms with Crippen molar-refractivity contribution in [3.05, 3.63) is 39.9 Å². The van der Waals surface area contributed by atoms with E-state index in [1.54, 1.807) is 12.1 Å². The standard InChI is InChI=1S/C13H13N3O4/c14-12(17)11-5-7-3-1-2-4-9(7)15(11)13(18)8-6-10(8)16(19)20/h1-4,8,10-11H,5-6H2,(H2,14,17)/t8-,10-,11-/m0/s1. The molecule has 1 fully saturated rings. The van der Waals surface area contributed by atoms with Crippen LogP contribution in [0.25, 0.3) is 0 Å². The minimum atomic E-state index is -0.830. The molecule has 1 heterocycles. The zero-order valence-electron chi connectivity index (χ0n) is 10.6. The Kier molecular flexibility index (Phi) is 2.70. The summed E-state index contributed by atoms with van der Waals surface area (Å²) in [6, 6.07) is 5.58. The first kappa shape index (κ1) is 12.6. The second kappa shape index (κ2) is 4.29. The van der Waals surface area contributed by atoms with Crippen LogP contribution in [0.1, 0.15) is 12.0 Å². The lowest BCUT2D eigenvalue weighted by Crippen LogP contribution is -2.47. The predicted octanol–water partition coefficient (Wildman–Crippen LogP) is 0.0948. The van der Waals surface area contributed by atoms with Crippen LogP contribution in [0.2, 0.25) is 0 Å². The number of carbonyl (C=O) groups excluding carboxylic acids is 2. The van der Waals surface area contributed by atoms with E-state index in [4.69, 9.17) is 5.73 Å². The Morgan fingerprint density at radius 2 is 2.05 bits per heavy atom. The number of rotatable bonds is 3. The number of para-hydroxylation sites is 1. The van der Waals surface area contributed by atoms with Crippen LogP contribution in [0.4, 0.5) is 5.69 Å². The van der Waals surface area contributed by atoms with Crippen LogP contribution in [-0.4, -0.2) is 28.8 Å². The van der Waals surface area contributed by atoms with Crippen molar-refractivity contribution >= 4 is 17.5 Å². The van der Waals surface area contributed by atoms with E-state index in [9.17, 15) is 19.7 Å². The average molecular weight is 275 g/mol. The first-order valence-corrected chi connectivity index (χ1v) is 6.34. The monoisotopic (exact) mass is 275 g/mol. The summed E-state index contributed by atoms with van der Waals surface area (Å²) in [5.74, 6) is -1.61. The smallest absolute Gasteiger partial charge is 0.240 e. The summed E-state index contributed by atoms with van der Waals surface area (Å²) in [7, 11) is 0. The molecule has 3 rings (SSSR count). The number of primary amides is 1. The summed E-state index contributed by atoms with van der Waals surface area (Å²) in [5, 5.41) is 10.7. The number of benzene rings is 1. The topological polar surface area (TPSA) is 107 Å². The van der Waals surface area contributed by atoms with Gasteiger partial charge in [-0.15, -0.1) is 0 Å². The number of nitrogens with two attached hydrogens (primary N) is 1. The van der Waals surface area contributed by atoms with E-state index in [1.807, 2.05) is 12.1 Å². The molecular formula is C13H13N3O4. The molecule has 1 aromatic rings. The molecule has 3 atom stereocenters. The van der Waals surface area contributed by atoms with Crippen LogP contribution >= 0.6 is 0 Å². The minimum absolute atomic E-state index is 0.232. The minimum Gasteiger partial charge on any atom is -0.368 e. The number of hydrogen-bond donors (Lipinski definition) is 1. The van der Waals surface area contributed by atoms with E-state index in [0.717, 1.165) is 5.56 Å². The molecule has 20 heavy (non-hydrogen) atoms. The van der Waals surface area contributed by atoms with Gasteiger partial charge in [-0.3, -0.25) is 24.6 Å². The van der Waals surface area contributed by atoms with Gasteiger partial charge in [0.25, 0.3) is 0 Å². The maximum atomic E-state index is 12.4. The van der Waals surface area contributed by atoms with Crippen molar-refractivity contribution in [1.29, 1.82) is 0 Å². The Morgan fingerprint density at radius 1 is 1.35 bits per heavy atom. The summed E-state index contributed by atoms with van der Waals surface area (Å²) in [5.41, 5.74) is 6.85. The number of nitro groups is 1. The fourth-order valence-electron chi connectivity index (χ4n) is 2.74. The van der Waals surface area contributed by atoms with Gasteiger partial charge in [0.05, 0.1) is 0 Å². The van der Waals surface area contributed by atoms with Crippen LogP contribution in [-0.2, 0) is 16.0 Å². The highest BCUT2D eigenvalue weighted by Gasteiger charge is 2.56. The molecule has 2 amide bonds. The lowest BCUT2D eigenvalue weighted by atomic mass is 10.1. The van der Waals surface area contributed by atoms with Gasteiger partial charge in [-0.2, -0.15) is 0 Å². The van der Waals surface area contributed by atoms with Crippen molar-refractivity contribution in [2.75, 3.05) is 4.90 Å². The quantitative estimate of drug-likeness (QED) is 0.623. The molecule has 0 saturated heterocycles. The molecule has 7 nitrogen and oxygen atoms in total. The third-order valence-corrected chi connectivity index (χ3v) is 3.89. The van der Waals surface area contributed by atoms with Gasteiger partial charge >= 0.3 is 0 Å². The van der Waals surface area contributed by atoms with Crippen molar-refractivity contribution in [3.63, 3.8) is 0 Å². The molecule has 2 aliphatic rings. The molecule has 0 radical (unpaired) electrons. The van der Waals surface area contributed by atoms with E-state index in [2.05, 4.69) is 0 Å². The largest absolute Gasteiger partial charge is 0.368 e. The molecular weight excluding hydrogens is 262 g/mol. The van der Waals surface area contributed by atoms with Crippen LogP contribution in [0.3, 0.4) is 0 Å². The highest BCUT2D eigenvalue weighted by atomic mass is 16.6. The van der Waals surface area contributed by atoms with Gasteiger partial charge in [0.15, 0.2) is 0 Å². The van der Waals surface area contributed by atoms with Gasteiger partial charge in [0.2, 0.25) is 17.9 Å². The Hall–Kier alpha value is -2.44. The van der Waals surface area contributed by atoms with Crippen molar-refractivity contribution < 1.29 is 14.5 Å². The second-order valence-electron chi connectivity index (χ2n) is 5.15. The summed E-state index contributed by atoms with van der Waals surface area (Å²) in [6.07, 6.45) is 0.600. The number of amides is 2. The van der Waals surface area contributed by atoms with E-state index >= 15 is 0 Å². The van der Waals surface area contributed by atoms with E-state index in [1.165, 1.54) is 4.90 Å². The zero-order valence-corrected chi connectivity index (χ0v) is 10.6. The molecule has 2 N–H and O–H groups in total.